The third kappa shape index (κ3) is 4.57. The average molecular weight is 251 g/mol. The second kappa shape index (κ2) is 6.64. The van der Waals surface area contributed by atoms with Gasteiger partial charge in [0.1, 0.15) is 0 Å². The van der Waals surface area contributed by atoms with E-state index in [4.69, 9.17) is 15.2 Å². The van der Waals surface area contributed by atoms with Crippen molar-refractivity contribution in [3.63, 3.8) is 0 Å². The lowest BCUT2D eigenvalue weighted by molar-refractivity contribution is 0.252. The molecule has 0 amide bonds. The third-order valence-corrected chi connectivity index (χ3v) is 3.13. The van der Waals surface area contributed by atoms with E-state index in [0.717, 1.165) is 24.3 Å². The van der Waals surface area contributed by atoms with Gasteiger partial charge in [-0.15, -0.1) is 0 Å². The minimum absolute atomic E-state index is 0.195. The summed E-state index contributed by atoms with van der Waals surface area (Å²) < 4.78 is 11.1. The molecule has 0 heterocycles. The van der Waals surface area contributed by atoms with Gasteiger partial charge in [0, 0.05) is 0 Å². The van der Waals surface area contributed by atoms with Gasteiger partial charge in [-0.05, 0) is 49.4 Å². The average Bonchev–Trinajstić information content (AvgIpc) is 2.36. The van der Waals surface area contributed by atoms with Gasteiger partial charge in [0.15, 0.2) is 11.5 Å². The van der Waals surface area contributed by atoms with Crippen LogP contribution < -0.4 is 15.2 Å². The predicted molar refractivity (Wildman–Crippen MR) is 75.3 cm³/mol. The molecule has 0 spiro atoms. The summed E-state index contributed by atoms with van der Waals surface area (Å²) in [6.45, 7) is 7.80. The van der Waals surface area contributed by atoms with Crippen LogP contribution in [0.1, 0.15) is 32.3 Å². The molecule has 0 fully saturated rings. The maximum absolute atomic E-state index is 5.76. The highest BCUT2D eigenvalue weighted by Crippen LogP contribution is 2.28. The molecule has 0 saturated carbocycles. The highest BCUT2D eigenvalue weighted by Gasteiger charge is 2.14. The smallest absolute Gasteiger partial charge is 0.161 e. The lowest BCUT2D eigenvalue weighted by Gasteiger charge is -2.22. The van der Waals surface area contributed by atoms with Crippen molar-refractivity contribution in [2.24, 2.45) is 11.1 Å². The van der Waals surface area contributed by atoms with E-state index in [1.165, 1.54) is 5.56 Å². The van der Waals surface area contributed by atoms with E-state index in [1.54, 1.807) is 7.11 Å². The largest absolute Gasteiger partial charge is 0.493 e. The summed E-state index contributed by atoms with van der Waals surface area (Å²) in [7, 11) is 1.67. The molecule has 3 nitrogen and oxygen atoms in total. The molecule has 0 unspecified atom stereocenters. The second-order valence-corrected chi connectivity index (χ2v) is 5.47. The summed E-state index contributed by atoms with van der Waals surface area (Å²) in [6.07, 6.45) is 2.07. The van der Waals surface area contributed by atoms with Gasteiger partial charge in [0.2, 0.25) is 0 Å². The lowest BCUT2D eigenvalue weighted by Crippen LogP contribution is -2.23. The number of aryl methyl sites for hydroxylation is 1. The molecule has 0 atom stereocenters. The summed E-state index contributed by atoms with van der Waals surface area (Å²) >= 11 is 0. The zero-order valence-corrected chi connectivity index (χ0v) is 12.0. The van der Waals surface area contributed by atoms with Crippen LogP contribution in [0.3, 0.4) is 0 Å². The molecular weight excluding hydrogens is 226 g/mol. The van der Waals surface area contributed by atoms with E-state index in [0.29, 0.717) is 13.2 Å². The standard InChI is InChI=1S/C15H25NO2/c1-12-6-7-13(14(10-12)17-4)18-9-5-8-15(2,3)11-16/h6-7,10H,5,8-9,11,16H2,1-4H3. The van der Waals surface area contributed by atoms with Crippen molar-refractivity contribution in [2.75, 3.05) is 20.3 Å². The van der Waals surface area contributed by atoms with Crippen molar-refractivity contribution in [3.8, 4) is 11.5 Å². The Bertz CT molecular complexity index is 375. The van der Waals surface area contributed by atoms with Crippen molar-refractivity contribution in [1.29, 1.82) is 0 Å². The first-order chi connectivity index (χ1) is 8.48. The molecule has 102 valence electrons. The molecule has 2 N–H and O–H groups in total. The van der Waals surface area contributed by atoms with E-state index in [2.05, 4.69) is 13.8 Å². The SMILES string of the molecule is COc1cc(C)ccc1OCCCC(C)(C)CN. The van der Waals surface area contributed by atoms with Crippen LogP contribution in [-0.2, 0) is 0 Å². The number of hydrogen-bond acceptors (Lipinski definition) is 3. The maximum Gasteiger partial charge on any atom is 0.161 e. The van der Waals surface area contributed by atoms with E-state index in [9.17, 15) is 0 Å². The Labute approximate surface area is 110 Å². The van der Waals surface area contributed by atoms with Crippen molar-refractivity contribution in [1.82, 2.24) is 0 Å². The van der Waals surface area contributed by atoms with Gasteiger partial charge in [-0.1, -0.05) is 19.9 Å². The lowest BCUT2D eigenvalue weighted by atomic mass is 9.88. The van der Waals surface area contributed by atoms with Crippen molar-refractivity contribution < 1.29 is 9.47 Å². The first-order valence-corrected chi connectivity index (χ1v) is 6.46. The Morgan fingerprint density at radius 1 is 1.22 bits per heavy atom. The summed E-state index contributed by atoms with van der Waals surface area (Å²) in [6, 6.07) is 5.98. The van der Waals surface area contributed by atoms with Crippen LogP contribution in [-0.4, -0.2) is 20.3 Å². The molecule has 0 aliphatic rings. The fraction of sp³-hybridized carbons (Fsp3) is 0.600. The molecule has 0 radical (unpaired) electrons. The first kappa shape index (κ1) is 14.8. The van der Waals surface area contributed by atoms with E-state index in [1.807, 2.05) is 25.1 Å². The molecular formula is C15H25NO2. The predicted octanol–water partition coefficient (Wildman–Crippen LogP) is 3.15. The minimum atomic E-state index is 0.195. The molecule has 1 rings (SSSR count). The number of methoxy groups -OCH3 is 1. The number of hydrogen-bond donors (Lipinski definition) is 1. The maximum atomic E-state index is 5.76. The molecule has 1 aromatic carbocycles. The van der Waals surface area contributed by atoms with Crippen LogP contribution in [0.4, 0.5) is 0 Å². The molecule has 18 heavy (non-hydrogen) atoms. The summed E-state index contributed by atoms with van der Waals surface area (Å²) in [5.74, 6) is 1.61. The monoisotopic (exact) mass is 251 g/mol. The first-order valence-electron chi connectivity index (χ1n) is 6.46. The van der Waals surface area contributed by atoms with Gasteiger partial charge in [-0.25, -0.2) is 0 Å². The molecule has 0 aromatic heterocycles. The Kier molecular flexibility index (Phi) is 5.48. The zero-order valence-electron chi connectivity index (χ0n) is 12.0. The second-order valence-electron chi connectivity index (χ2n) is 5.47. The molecule has 0 bridgehead atoms. The van der Waals surface area contributed by atoms with Crippen LogP contribution in [0, 0.1) is 12.3 Å². The highest BCUT2D eigenvalue weighted by atomic mass is 16.5. The Morgan fingerprint density at radius 2 is 1.94 bits per heavy atom. The van der Waals surface area contributed by atoms with Gasteiger partial charge in [0.25, 0.3) is 0 Å². The number of nitrogens with two attached hydrogens (primary N) is 1. The van der Waals surface area contributed by atoms with Crippen LogP contribution in [0.15, 0.2) is 18.2 Å². The molecule has 0 aliphatic heterocycles. The van der Waals surface area contributed by atoms with E-state index < -0.39 is 0 Å². The van der Waals surface area contributed by atoms with Gasteiger partial charge in [0.05, 0.1) is 13.7 Å². The van der Waals surface area contributed by atoms with Crippen molar-refractivity contribution >= 4 is 0 Å². The van der Waals surface area contributed by atoms with Crippen LogP contribution in [0.5, 0.6) is 11.5 Å². The molecule has 0 aliphatic carbocycles. The zero-order chi connectivity index (χ0) is 13.6. The van der Waals surface area contributed by atoms with E-state index in [-0.39, 0.29) is 5.41 Å². The van der Waals surface area contributed by atoms with Gasteiger partial charge in [-0.3, -0.25) is 0 Å². The number of benzene rings is 1. The summed E-state index contributed by atoms with van der Waals surface area (Å²) in [4.78, 5) is 0. The topological polar surface area (TPSA) is 44.5 Å². The quantitative estimate of drug-likeness (QED) is 0.757. The number of rotatable bonds is 7. The highest BCUT2D eigenvalue weighted by molar-refractivity contribution is 5.42. The molecule has 3 heteroatoms. The van der Waals surface area contributed by atoms with E-state index >= 15 is 0 Å². The molecule has 0 saturated heterocycles. The Morgan fingerprint density at radius 3 is 2.56 bits per heavy atom. The fourth-order valence-electron chi connectivity index (χ4n) is 1.73. The van der Waals surface area contributed by atoms with Gasteiger partial charge < -0.3 is 15.2 Å². The Hall–Kier alpha value is -1.22. The number of ether oxygens (including phenoxy) is 2. The molecule has 1 aromatic rings. The van der Waals surface area contributed by atoms with Gasteiger partial charge in [-0.2, -0.15) is 0 Å². The third-order valence-electron chi connectivity index (χ3n) is 3.13. The van der Waals surface area contributed by atoms with Crippen molar-refractivity contribution in [2.45, 2.75) is 33.6 Å². The van der Waals surface area contributed by atoms with Crippen LogP contribution in [0.2, 0.25) is 0 Å². The van der Waals surface area contributed by atoms with Gasteiger partial charge >= 0.3 is 0 Å². The fourth-order valence-corrected chi connectivity index (χ4v) is 1.73. The van der Waals surface area contributed by atoms with Crippen LogP contribution in [0.25, 0.3) is 0 Å². The Balaban J connectivity index is 2.44. The summed E-state index contributed by atoms with van der Waals surface area (Å²) in [5.41, 5.74) is 7.07. The summed E-state index contributed by atoms with van der Waals surface area (Å²) in [5, 5.41) is 0. The van der Waals surface area contributed by atoms with Crippen LogP contribution >= 0.6 is 0 Å². The normalized spacial score (nSPS) is 11.4. The van der Waals surface area contributed by atoms with Crippen molar-refractivity contribution in [3.05, 3.63) is 23.8 Å². The minimum Gasteiger partial charge on any atom is -0.493 e.